The third kappa shape index (κ3) is 9.31. The van der Waals surface area contributed by atoms with E-state index in [1.54, 1.807) is 0 Å². The maximum Gasteiger partial charge on any atom is 0.573 e. The van der Waals surface area contributed by atoms with Crippen LogP contribution in [0.2, 0.25) is 0 Å². The number of hydrogen-bond donors (Lipinski definition) is 2. The number of hydrogen-bond acceptors (Lipinski definition) is 5. The zero-order valence-electron chi connectivity index (χ0n) is 16.5. The number of amides is 1. The molecule has 0 bridgehead atoms. The lowest BCUT2D eigenvalue weighted by Crippen LogP contribution is -2.31. The molecule has 170 valence electrons. The van der Waals surface area contributed by atoms with Crippen LogP contribution in [0.1, 0.15) is 44.9 Å². The highest BCUT2D eigenvalue weighted by Crippen LogP contribution is 2.24. The molecule has 7 nitrogen and oxygen atoms in total. The summed E-state index contributed by atoms with van der Waals surface area (Å²) in [6.45, 7) is 0.887. The van der Waals surface area contributed by atoms with Crippen LogP contribution in [0.25, 0.3) is 0 Å². The Bertz CT molecular complexity index is 763. The molecule has 1 saturated carbocycles. The first-order chi connectivity index (χ1) is 14.2. The van der Waals surface area contributed by atoms with Gasteiger partial charge in [0.25, 0.3) is 0 Å². The number of rotatable bonds is 11. The molecule has 2 N–H and O–H groups in total. The fourth-order valence-corrected chi connectivity index (χ4v) is 4.10. The van der Waals surface area contributed by atoms with E-state index in [9.17, 15) is 26.4 Å². The molecule has 1 fully saturated rings. The number of carbonyl (C=O) groups is 1. The van der Waals surface area contributed by atoms with E-state index in [2.05, 4.69) is 14.8 Å². The van der Waals surface area contributed by atoms with Crippen LogP contribution < -0.4 is 14.8 Å². The van der Waals surface area contributed by atoms with Crippen molar-refractivity contribution in [2.75, 3.05) is 19.7 Å². The molecule has 1 aromatic rings. The van der Waals surface area contributed by atoms with E-state index in [1.807, 2.05) is 0 Å². The van der Waals surface area contributed by atoms with Crippen LogP contribution in [0, 0.1) is 0 Å². The minimum Gasteiger partial charge on any atom is -0.406 e. The van der Waals surface area contributed by atoms with E-state index in [-0.39, 0.29) is 23.8 Å². The molecule has 0 saturated heterocycles. The molecule has 0 aromatic heterocycles. The second-order valence-corrected chi connectivity index (χ2v) is 8.77. The Kier molecular flexibility index (Phi) is 9.37. The van der Waals surface area contributed by atoms with Gasteiger partial charge in [-0.05, 0) is 43.5 Å². The Morgan fingerprint density at radius 1 is 1.07 bits per heavy atom. The topological polar surface area (TPSA) is 93.7 Å². The number of halogens is 3. The van der Waals surface area contributed by atoms with Gasteiger partial charge in [0.15, 0.2) is 0 Å². The number of carbonyl (C=O) groups excluding carboxylic acids is 1. The summed E-state index contributed by atoms with van der Waals surface area (Å²) in [4.78, 5) is 11.6. The highest BCUT2D eigenvalue weighted by Gasteiger charge is 2.31. The summed E-state index contributed by atoms with van der Waals surface area (Å²) in [6, 6.07) is 3.81. The third-order valence-corrected chi connectivity index (χ3v) is 6.04. The Morgan fingerprint density at radius 3 is 2.37 bits per heavy atom. The second-order valence-electron chi connectivity index (χ2n) is 7.00. The largest absolute Gasteiger partial charge is 0.573 e. The van der Waals surface area contributed by atoms with Crippen molar-refractivity contribution < 1.29 is 35.9 Å². The number of ether oxygens (including phenoxy) is 2. The van der Waals surface area contributed by atoms with Crippen LogP contribution in [0.4, 0.5) is 13.2 Å². The molecule has 30 heavy (non-hydrogen) atoms. The van der Waals surface area contributed by atoms with Crippen molar-refractivity contribution in [1.29, 1.82) is 0 Å². The van der Waals surface area contributed by atoms with Crippen LogP contribution >= 0.6 is 0 Å². The molecule has 1 aliphatic carbocycles. The van der Waals surface area contributed by atoms with Crippen LogP contribution in [-0.2, 0) is 19.6 Å². The number of benzene rings is 1. The van der Waals surface area contributed by atoms with Crippen LogP contribution in [0.5, 0.6) is 5.75 Å². The molecule has 1 aliphatic rings. The molecule has 0 radical (unpaired) electrons. The standard InChI is InChI=1S/C19H27F3N2O5S/c20-19(21,22)29-16-7-9-17(10-8-16)30(26,27)24-13-11-18(25)23-12-4-14-28-15-5-2-1-3-6-15/h7-10,15,24H,1-6,11-14H2,(H,23,25). The van der Waals surface area contributed by atoms with Crippen molar-refractivity contribution in [2.45, 2.75) is 62.3 Å². The lowest BCUT2D eigenvalue weighted by atomic mass is 9.98. The van der Waals surface area contributed by atoms with Crippen molar-refractivity contribution >= 4 is 15.9 Å². The molecule has 11 heteroatoms. The van der Waals surface area contributed by atoms with E-state index < -0.39 is 22.1 Å². The van der Waals surface area contributed by atoms with Gasteiger partial charge >= 0.3 is 6.36 Å². The van der Waals surface area contributed by atoms with Crippen molar-refractivity contribution in [3.8, 4) is 5.75 Å². The average molecular weight is 452 g/mol. The van der Waals surface area contributed by atoms with Gasteiger partial charge in [0.1, 0.15) is 5.75 Å². The minimum absolute atomic E-state index is 0.0576. The highest BCUT2D eigenvalue weighted by atomic mass is 32.2. The monoisotopic (exact) mass is 452 g/mol. The van der Waals surface area contributed by atoms with Crippen molar-refractivity contribution in [2.24, 2.45) is 0 Å². The maximum atomic E-state index is 12.1. The molecular weight excluding hydrogens is 425 g/mol. The summed E-state index contributed by atoms with van der Waals surface area (Å²) in [5.74, 6) is -0.822. The lowest BCUT2D eigenvalue weighted by molar-refractivity contribution is -0.274. The van der Waals surface area contributed by atoms with Gasteiger partial charge in [-0.1, -0.05) is 19.3 Å². The predicted octanol–water partition coefficient (Wildman–Crippen LogP) is 3.11. The Balaban J connectivity index is 1.62. The number of sulfonamides is 1. The van der Waals surface area contributed by atoms with Crippen molar-refractivity contribution in [1.82, 2.24) is 10.0 Å². The fraction of sp³-hybridized carbons (Fsp3) is 0.632. The minimum atomic E-state index is -4.85. The summed E-state index contributed by atoms with van der Waals surface area (Å²) < 4.78 is 72.4. The smallest absolute Gasteiger partial charge is 0.406 e. The molecule has 1 aromatic carbocycles. The first-order valence-corrected chi connectivity index (χ1v) is 11.4. The first kappa shape index (κ1) is 24.4. The molecule has 0 spiro atoms. The van der Waals surface area contributed by atoms with E-state index in [0.717, 1.165) is 37.1 Å². The highest BCUT2D eigenvalue weighted by molar-refractivity contribution is 7.89. The second kappa shape index (κ2) is 11.5. The Morgan fingerprint density at radius 2 is 1.73 bits per heavy atom. The van der Waals surface area contributed by atoms with E-state index in [4.69, 9.17) is 4.74 Å². The van der Waals surface area contributed by atoms with E-state index >= 15 is 0 Å². The van der Waals surface area contributed by atoms with Crippen LogP contribution in [0.3, 0.4) is 0 Å². The zero-order chi connectivity index (χ0) is 22.0. The molecule has 2 rings (SSSR count). The fourth-order valence-electron chi connectivity index (χ4n) is 3.07. The van der Waals surface area contributed by atoms with Gasteiger partial charge in [0.05, 0.1) is 11.0 Å². The predicted molar refractivity (Wildman–Crippen MR) is 103 cm³/mol. The third-order valence-electron chi connectivity index (χ3n) is 4.56. The van der Waals surface area contributed by atoms with Gasteiger partial charge in [0, 0.05) is 26.1 Å². The zero-order valence-corrected chi connectivity index (χ0v) is 17.4. The van der Waals surface area contributed by atoms with E-state index in [1.165, 1.54) is 19.3 Å². The lowest BCUT2D eigenvalue weighted by Gasteiger charge is -2.21. The SMILES string of the molecule is O=C(CCNS(=O)(=O)c1ccc(OC(F)(F)F)cc1)NCCCOC1CCCCC1. The molecule has 0 unspecified atom stereocenters. The molecule has 0 aliphatic heterocycles. The summed E-state index contributed by atoms with van der Waals surface area (Å²) in [5.41, 5.74) is 0. The maximum absolute atomic E-state index is 12.1. The summed E-state index contributed by atoms with van der Waals surface area (Å²) in [7, 11) is -3.94. The molecular formula is C19H27F3N2O5S. The quantitative estimate of drug-likeness (QED) is 0.503. The number of nitrogens with one attached hydrogen (secondary N) is 2. The number of alkyl halides is 3. The van der Waals surface area contributed by atoms with Crippen LogP contribution in [0.15, 0.2) is 29.2 Å². The van der Waals surface area contributed by atoms with Gasteiger partial charge in [-0.15, -0.1) is 13.2 Å². The first-order valence-electron chi connectivity index (χ1n) is 9.89. The Hall–Kier alpha value is -1.85. The molecule has 0 atom stereocenters. The Labute approximate surface area is 174 Å². The van der Waals surface area contributed by atoms with Crippen molar-refractivity contribution in [3.05, 3.63) is 24.3 Å². The average Bonchev–Trinajstić information content (AvgIpc) is 2.67. The molecule has 0 heterocycles. The van der Waals surface area contributed by atoms with E-state index in [0.29, 0.717) is 25.7 Å². The summed E-state index contributed by atoms with van der Waals surface area (Å²) in [5, 5.41) is 2.70. The van der Waals surface area contributed by atoms with Gasteiger partial charge in [-0.25, -0.2) is 13.1 Å². The summed E-state index contributed by atoms with van der Waals surface area (Å²) >= 11 is 0. The normalized spacial score (nSPS) is 15.7. The van der Waals surface area contributed by atoms with Gasteiger partial charge in [0.2, 0.25) is 15.9 Å². The van der Waals surface area contributed by atoms with Gasteiger partial charge in [-0.3, -0.25) is 4.79 Å². The van der Waals surface area contributed by atoms with Crippen LogP contribution in [-0.4, -0.2) is 46.5 Å². The van der Waals surface area contributed by atoms with Gasteiger partial charge in [-0.2, -0.15) is 0 Å². The summed E-state index contributed by atoms with van der Waals surface area (Å²) in [6.07, 6.45) is 1.92. The van der Waals surface area contributed by atoms with Gasteiger partial charge < -0.3 is 14.8 Å². The van der Waals surface area contributed by atoms with Crippen molar-refractivity contribution in [3.63, 3.8) is 0 Å². The molecule has 1 amide bonds.